The number of hydrogen-bond donors (Lipinski definition) is 1. The topological polar surface area (TPSA) is 107 Å². The quantitative estimate of drug-likeness (QED) is 0.232. The largest absolute Gasteiger partial charge is 0.504 e. The monoisotopic (exact) mass is 383 g/mol. The number of ether oxygens (including phenoxy) is 1. The molecule has 146 valence electrons. The highest BCUT2D eigenvalue weighted by Crippen LogP contribution is 2.27. The number of carbonyl (C=O) groups is 2. The van der Waals surface area contributed by atoms with E-state index in [0.29, 0.717) is 17.7 Å². The zero-order valence-electron chi connectivity index (χ0n) is 15.7. The van der Waals surface area contributed by atoms with Gasteiger partial charge in [-0.1, -0.05) is 13.0 Å². The Balaban J connectivity index is 2.19. The van der Waals surface area contributed by atoms with Gasteiger partial charge in [0.05, 0.1) is 17.6 Å². The highest BCUT2D eigenvalue weighted by molar-refractivity contribution is 6.23. The maximum Gasteiger partial charge on any atom is 0.269 e. The minimum absolute atomic E-state index is 0.0116. The summed E-state index contributed by atoms with van der Waals surface area (Å²) in [6.07, 6.45) is 2.13. The molecule has 0 saturated heterocycles. The number of methoxy groups -OCH3 is 1. The van der Waals surface area contributed by atoms with E-state index in [4.69, 9.17) is 4.74 Å². The third kappa shape index (κ3) is 5.26. The summed E-state index contributed by atoms with van der Waals surface area (Å²) in [4.78, 5) is 35.1. The molecule has 0 atom stereocenters. The number of phenols is 1. The van der Waals surface area contributed by atoms with Gasteiger partial charge in [-0.15, -0.1) is 0 Å². The Morgan fingerprint density at radius 2 is 1.82 bits per heavy atom. The van der Waals surface area contributed by atoms with Gasteiger partial charge in [-0.2, -0.15) is 0 Å². The zero-order chi connectivity index (χ0) is 20.7. The lowest BCUT2D eigenvalue weighted by molar-refractivity contribution is -0.384. The minimum Gasteiger partial charge on any atom is -0.504 e. The minimum atomic E-state index is -0.511. The van der Waals surface area contributed by atoms with Crippen molar-refractivity contribution in [2.45, 2.75) is 26.2 Å². The number of hydrogen-bond acceptors (Lipinski definition) is 6. The molecule has 0 aliphatic carbocycles. The van der Waals surface area contributed by atoms with Crippen LogP contribution in [0.3, 0.4) is 0 Å². The summed E-state index contributed by atoms with van der Waals surface area (Å²) >= 11 is 0. The molecule has 1 N–H and O–H groups in total. The third-order valence-corrected chi connectivity index (χ3v) is 4.22. The second-order valence-electron chi connectivity index (χ2n) is 6.11. The van der Waals surface area contributed by atoms with Crippen molar-refractivity contribution in [3.63, 3.8) is 0 Å². The predicted octanol–water partition coefficient (Wildman–Crippen LogP) is 3.87. The van der Waals surface area contributed by atoms with E-state index in [1.54, 1.807) is 19.1 Å². The van der Waals surface area contributed by atoms with E-state index in [9.17, 15) is 24.8 Å². The van der Waals surface area contributed by atoms with Crippen LogP contribution in [0.25, 0.3) is 6.08 Å². The van der Waals surface area contributed by atoms with Crippen molar-refractivity contribution in [1.29, 1.82) is 0 Å². The summed E-state index contributed by atoms with van der Waals surface area (Å²) in [5, 5.41) is 20.4. The molecule has 0 radical (unpaired) electrons. The maximum absolute atomic E-state index is 12.6. The Kier molecular flexibility index (Phi) is 7.03. The number of nitro groups is 1. The zero-order valence-corrected chi connectivity index (χ0v) is 15.7. The summed E-state index contributed by atoms with van der Waals surface area (Å²) in [6.45, 7) is 1.67. The molecule has 2 aromatic rings. The summed E-state index contributed by atoms with van der Waals surface area (Å²) in [5.74, 6) is -0.266. The Morgan fingerprint density at radius 1 is 1.14 bits per heavy atom. The lowest BCUT2D eigenvalue weighted by Gasteiger charge is -2.08. The molecule has 2 aromatic carbocycles. The number of carbonyl (C=O) groups excluding carboxylic acids is 2. The van der Waals surface area contributed by atoms with E-state index in [1.807, 2.05) is 0 Å². The molecule has 0 aliphatic rings. The van der Waals surface area contributed by atoms with Gasteiger partial charge in [0.25, 0.3) is 5.69 Å². The van der Waals surface area contributed by atoms with Crippen molar-refractivity contribution >= 4 is 23.3 Å². The molecule has 0 amide bonds. The van der Waals surface area contributed by atoms with Crippen LogP contribution in [0.4, 0.5) is 5.69 Å². The first kappa shape index (κ1) is 20.8. The average molecular weight is 383 g/mol. The number of Topliss-reactive ketones (excluding diaryl/α,β-unsaturated/α-hetero) is 2. The predicted molar refractivity (Wildman–Crippen MR) is 104 cm³/mol. The van der Waals surface area contributed by atoms with Crippen LogP contribution in [-0.2, 0) is 16.0 Å². The van der Waals surface area contributed by atoms with Crippen LogP contribution in [-0.4, -0.2) is 28.7 Å². The van der Waals surface area contributed by atoms with Gasteiger partial charge < -0.3 is 9.84 Å². The fourth-order valence-corrected chi connectivity index (χ4v) is 2.64. The van der Waals surface area contributed by atoms with Crippen molar-refractivity contribution in [2.24, 2.45) is 0 Å². The summed E-state index contributed by atoms with van der Waals surface area (Å²) in [6, 6.07) is 10.5. The van der Waals surface area contributed by atoms with Crippen molar-refractivity contribution in [2.75, 3.05) is 7.11 Å². The SMILES string of the molecule is CCC(=O)C(=Cc1ccc([N+](=O)[O-])cc1)C(=O)CCc1ccc(O)c(OC)c1. The van der Waals surface area contributed by atoms with Crippen LogP contribution < -0.4 is 4.74 Å². The number of rotatable bonds is 9. The molecule has 7 heteroatoms. The molecule has 0 aliphatic heterocycles. The van der Waals surface area contributed by atoms with Gasteiger partial charge in [-0.25, -0.2) is 0 Å². The molecule has 0 unspecified atom stereocenters. The normalized spacial score (nSPS) is 11.1. The van der Waals surface area contributed by atoms with Gasteiger partial charge in [0.1, 0.15) is 0 Å². The Morgan fingerprint density at radius 3 is 2.39 bits per heavy atom. The summed E-state index contributed by atoms with van der Waals surface area (Å²) in [7, 11) is 1.44. The number of nitro benzene ring substituents is 1. The highest BCUT2D eigenvalue weighted by atomic mass is 16.6. The maximum atomic E-state index is 12.6. The molecule has 28 heavy (non-hydrogen) atoms. The number of aromatic hydroxyl groups is 1. The Bertz CT molecular complexity index is 915. The van der Waals surface area contributed by atoms with Crippen LogP contribution in [0, 0.1) is 10.1 Å². The lowest BCUT2D eigenvalue weighted by atomic mass is 9.96. The van der Waals surface area contributed by atoms with E-state index in [0.717, 1.165) is 5.56 Å². The lowest BCUT2D eigenvalue weighted by Crippen LogP contribution is -2.13. The third-order valence-electron chi connectivity index (χ3n) is 4.22. The number of aryl methyl sites for hydroxylation is 1. The fraction of sp³-hybridized carbons (Fsp3) is 0.238. The molecule has 0 bridgehead atoms. The fourth-order valence-electron chi connectivity index (χ4n) is 2.64. The molecule has 0 heterocycles. The van der Waals surface area contributed by atoms with Gasteiger partial charge in [-0.05, 0) is 47.9 Å². The van der Waals surface area contributed by atoms with E-state index in [2.05, 4.69) is 0 Å². The Labute approximate surface area is 162 Å². The van der Waals surface area contributed by atoms with E-state index < -0.39 is 4.92 Å². The van der Waals surface area contributed by atoms with Gasteiger partial charge >= 0.3 is 0 Å². The van der Waals surface area contributed by atoms with Gasteiger partial charge in [0, 0.05) is 25.0 Å². The number of phenolic OH excluding ortho intramolecular Hbond substituents is 1. The first-order valence-corrected chi connectivity index (χ1v) is 8.74. The van der Waals surface area contributed by atoms with Crippen LogP contribution in [0.15, 0.2) is 48.0 Å². The van der Waals surface area contributed by atoms with E-state index in [-0.39, 0.29) is 41.4 Å². The van der Waals surface area contributed by atoms with Crippen LogP contribution in [0.5, 0.6) is 11.5 Å². The molecule has 0 spiro atoms. The molecule has 0 fully saturated rings. The second kappa shape index (κ2) is 9.45. The summed E-state index contributed by atoms with van der Waals surface area (Å²) < 4.78 is 5.05. The number of benzene rings is 2. The molecular weight excluding hydrogens is 362 g/mol. The standard InChI is InChI=1S/C21H21NO6/c1-3-18(23)17(12-14-4-8-16(9-5-14)22(26)27)19(24)10-6-15-7-11-20(25)21(13-15)28-2/h4-5,7-9,11-13,25H,3,6,10H2,1-2H3. The number of ketones is 2. The van der Waals surface area contributed by atoms with Crippen molar-refractivity contribution < 1.29 is 24.4 Å². The molecule has 0 saturated carbocycles. The van der Waals surface area contributed by atoms with E-state index >= 15 is 0 Å². The molecule has 0 aromatic heterocycles. The Hall–Kier alpha value is -3.48. The van der Waals surface area contributed by atoms with Gasteiger partial charge in [-0.3, -0.25) is 19.7 Å². The van der Waals surface area contributed by atoms with Crippen molar-refractivity contribution in [3.05, 3.63) is 69.3 Å². The van der Waals surface area contributed by atoms with Crippen molar-refractivity contribution in [3.8, 4) is 11.5 Å². The van der Waals surface area contributed by atoms with Gasteiger partial charge in [0.15, 0.2) is 23.1 Å². The van der Waals surface area contributed by atoms with E-state index in [1.165, 1.54) is 43.5 Å². The van der Waals surface area contributed by atoms with Crippen LogP contribution in [0.2, 0.25) is 0 Å². The number of allylic oxidation sites excluding steroid dienone is 1. The van der Waals surface area contributed by atoms with Crippen LogP contribution >= 0.6 is 0 Å². The first-order chi connectivity index (χ1) is 13.3. The molecule has 2 rings (SSSR count). The molecule has 7 nitrogen and oxygen atoms in total. The van der Waals surface area contributed by atoms with Crippen LogP contribution in [0.1, 0.15) is 30.9 Å². The second-order valence-corrected chi connectivity index (χ2v) is 6.11. The summed E-state index contributed by atoms with van der Waals surface area (Å²) in [5.41, 5.74) is 1.35. The average Bonchev–Trinajstić information content (AvgIpc) is 2.70. The van der Waals surface area contributed by atoms with Gasteiger partial charge in [0.2, 0.25) is 0 Å². The number of nitrogens with zero attached hydrogens (tertiary/aromatic N) is 1. The first-order valence-electron chi connectivity index (χ1n) is 8.74. The smallest absolute Gasteiger partial charge is 0.269 e. The highest BCUT2D eigenvalue weighted by Gasteiger charge is 2.17. The van der Waals surface area contributed by atoms with Crippen molar-refractivity contribution in [1.82, 2.24) is 0 Å². The molecular formula is C21H21NO6. The number of non-ortho nitro benzene ring substituents is 1.